The third kappa shape index (κ3) is 4.17. The van der Waals surface area contributed by atoms with Gasteiger partial charge in [-0.2, -0.15) is 0 Å². The van der Waals surface area contributed by atoms with Crippen molar-refractivity contribution in [2.45, 2.75) is 13.5 Å². The molecule has 0 fully saturated rings. The summed E-state index contributed by atoms with van der Waals surface area (Å²) in [6.45, 7) is 5.03. The highest BCUT2D eigenvalue weighted by Crippen LogP contribution is 2.11. The number of likely N-dealkylation sites (N-methyl/N-ethyl adjacent to an activating group) is 1. The second-order valence-corrected chi connectivity index (χ2v) is 3.82. The van der Waals surface area contributed by atoms with Crippen LogP contribution in [0.5, 0.6) is 0 Å². The predicted octanol–water partition coefficient (Wildman–Crippen LogP) is 1.85. The Morgan fingerprint density at radius 2 is 2.12 bits per heavy atom. The van der Waals surface area contributed by atoms with Gasteiger partial charge in [-0.1, -0.05) is 25.1 Å². The fraction of sp³-hybridized carbons (Fsp3) is 0.462. The molecule has 0 amide bonds. The molecule has 0 heterocycles. The maximum atomic E-state index is 11.1. The molecule has 4 nitrogen and oxygen atoms in total. The maximum absolute atomic E-state index is 11.1. The first kappa shape index (κ1) is 13.7. The van der Waals surface area contributed by atoms with Gasteiger partial charge < -0.3 is 9.84 Å². The molecule has 1 aromatic rings. The Balaban J connectivity index is 2.75. The van der Waals surface area contributed by atoms with E-state index in [1.54, 1.807) is 19.2 Å². The summed E-state index contributed by atoms with van der Waals surface area (Å²) in [7, 11) is 1.67. The van der Waals surface area contributed by atoms with Crippen molar-refractivity contribution in [2.24, 2.45) is 0 Å². The van der Waals surface area contributed by atoms with Crippen molar-refractivity contribution < 1.29 is 14.6 Å². The SMILES string of the molecule is CCN(CCOC)Cc1ccccc1C(=O)O. The molecule has 0 radical (unpaired) electrons. The first-order chi connectivity index (χ1) is 8.19. The number of ether oxygens (including phenoxy) is 1. The molecule has 0 aliphatic heterocycles. The lowest BCUT2D eigenvalue weighted by Gasteiger charge is -2.20. The standard InChI is InChI=1S/C13H19NO3/c1-3-14(8-9-17-2)10-11-6-4-5-7-12(11)13(15)16/h4-7H,3,8-10H2,1-2H3,(H,15,16). The van der Waals surface area contributed by atoms with Gasteiger partial charge in [0.05, 0.1) is 12.2 Å². The van der Waals surface area contributed by atoms with Gasteiger partial charge >= 0.3 is 5.97 Å². The van der Waals surface area contributed by atoms with Crippen LogP contribution in [0.1, 0.15) is 22.8 Å². The number of rotatable bonds is 7. The van der Waals surface area contributed by atoms with E-state index in [-0.39, 0.29) is 0 Å². The van der Waals surface area contributed by atoms with Gasteiger partial charge in [0.15, 0.2) is 0 Å². The van der Waals surface area contributed by atoms with Crippen LogP contribution in [0.4, 0.5) is 0 Å². The lowest BCUT2D eigenvalue weighted by molar-refractivity contribution is 0.0694. The number of aromatic carboxylic acids is 1. The van der Waals surface area contributed by atoms with E-state index in [9.17, 15) is 4.79 Å². The molecule has 0 spiro atoms. The summed E-state index contributed by atoms with van der Waals surface area (Å²) in [5, 5.41) is 9.08. The number of carbonyl (C=O) groups is 1. The summed E-state index contributed by atoms with van der Waals surface area (Å²) in [5.74, 6) is -0.872. The van der Waals surface area contributed by atoms with Crippen molar-refractivity contribution in [3.63, 3.8) is 0 Å². The van der Waals surface area contributed by atoms with Gasteiger partial charge in [0.2, 0.25) is 0 Å². The van der Waals surface area contributed by atoms with Crippen molar-refractivity contribution in [3.8, 4) is 0 Å². The molecule has 1 rings (SSSR count). The number of hydrogen-bond donors (Lipinski definition) is 1. The van der Waals surface area contributed by atoms with Gasteiger partial charge in [0.1, 0.15) is 0 Å². The van der Waals surface area contributed by atoms with Crippen LogP contribution in [-0.2, 0) is 11.3 Å². The van der Waals surface area contributed by atoms with Crippen LogP contribution in [-0.4, -0.2) is 42.8 Å². The molecule has 17 heavy (non-hydrogen) atoms. The number of carboxylic acids is 1. The maximum Gasteiger partial charge on any atom is 0.336 e. The van der Waals surface area contributed by atoms with Crippen LogP contribution in [0.15, 0.2) is 24.3 Å². The lowest BCUT2D eigenvalue weighted by Crippen LogP contribution is -2.27. The third-order valence-electron chi connectivity index (χ3n) is 2.70. The van der Waals surface area contributed by atoms with Gasteiger partial charge in [0, 0.05) is 20.2 Å². The average Bonchev–Trinajstić information content (AvgIpc) is 2.34. The van der Waals surface area contributed by atoms with Crippen LogP contribution in [0.25, 0.3) is 0 Å². The van der Waals surface area contributed by atoms with E-state index in [4.69, 9.17) is 9.84 Å². The van der Waals surface area contributed by atoms with Gasteiger partial charge in [-0.05, 0) is 18.2 Å². The minimum Gasteiger partial charge on any atom is -0.478 e. The Bertz CT molecular complexity index is 365. The largest absolute Gasteiger partial charge is 0.478 e. The number of hydrogen-bond acceptors (Lipinski definition) is 3. The molecule has 0 aliphatic carbocycles. The Hall–Kier alpha value is -1.39. The van der Waals surface area contributed by atoms with Gasteiger partial charge in [-0.3, -0.25) is 4.90 Å². The van der Waals surface area contributed by atoms with Crippen molar-refractivity contribution in [1.82, 2.24) is 4.90 Å². The number of carboxylic acid groups (broad SMARTS) is 1. The van der Waals surface area contributed by atoms with Gasteiger partial charge in [0.25, 0.3) is 0 Å². The van der Waals surface area contributed by atoms with Crippen LogP contribution in [0.2, 0.25) is 0 Å². The molecule has 0 saturated heterocycles. The molecule has 1 N–H and O–H groups in total. The number of nitrogens with zero attached hydrogens (tertiary/aromatic N) is 1. The Labute approximate surface area is 102 Å². The Morgan fingerprint density at radius 3 is 2.71 bits per heavy atom. The minimum absolute atomic E-state index is 0.378. The van der Waals surface area contributed by atoms with E-state index in [0.717, 1.165) is 18.7 Å². The molecule has 94 valence electrons. The second kappa shape index (κ2) is 7.04. The fourth-order valence-corrected chi connectivity index (χ4v) is 1.68. The molecule has 0 aliphatic rings. The topological polar surface area (TPSA) is 49.8 Å². The number of benzene rings is 1. The van der Waals surface area contributed by atoms with E-state index in [1.165, 1.54) is 0 Å². The average molecular weight is 237 g/mol. The zero-order valence-corrected chi connectivity index (χ0v) is 10.3. The van der Waals surface area contributed by atoms with E-state index in [1.807, 2.05) is 12.1 Å². The first-order valence-electron chi connectivity index (χ1n) is 5.71. The minimum atomic E-state index is -0.872. The molecular weight excluding hydrogens is 218 g/mol. The molecule has 0 saturated carbocycles. The van der Waals surface area contributed by atoms with Crippen molar-refractivity contribution in [2.75, 3.05) is 26.8 Å². The molecular formula is C13H19NO3. The Morgan fingerprint density at radius 1 is 1.41 bits per heavy atom. The van der Waals surface area contributed by atoms with E-state index >= 15 is 0 Å². The van der Waals surface area contributed by atoms with E-state index < -0.39 is 5.97 Å². The summed E-state index contributed by atoms with van der Waals surface area (Å²) in [5.41, 5.74) is 1.22. The van der Waals surface area contributed by atoms with Crippen LogP contribution >= 0.6 is 0 Å². The summed E-state index contributed by atoms with van der Waals surface area (Å²) < 4.78 is 5.03. The quantitative estimate of drug-likeness (QED) is 0.786. The van der Waals surface area contributed by atoms with Crippen molar-refractivity contribution in [1.29, 1.82) is 0 Å². The molecule has 0 unspecified atom stereocenters. The van der Waals surface area contributed by atoms with E-state index in [2.05, 4.69) is 11.8 Å². The summed E-state index contributed by atoms with van der Waals surface area (Å²) in [6, 6.07) is 7.12. The zero-order chi connectivity index (χ0) is 12.7. The van der Waals surface area contributed by atoms with Crippen LogP contribution in [0.3, 0.4) is 0 Å². The highest BCUT2D eigenvalue weighted by molar-refractivity contribution is 5.89. The second-order valence-electron chi connectivity index (χ2n) is 3.82. The monoisotopic (exact) mass is 237 g/mol. The first-order valence-corrected chi connectivity index (χ1v) is 5.71. The molecule has 1 aromatic carbocycles. The smallest absolute Gasteiger partial charge is 0.336 e. The highest BCUT2D eigenvalue weighted by atomic mass is 16.5. The predicted molar refractivity (Wildman–Crippen MR) is 66.2 cm³/mol. The lowest BCUT2D eigenvalue weighted by atomic mass is 10.1. The summed E-state index contributed by atoms with van der Waals surface area (Å²) in [6.07, 6.45) is 0. The van der Waals surface area contributed by atoms with Crippen LogP contribution < -0.4 is 0 Å². The molecule has 0 aromatic heterocycles. The molecule has 0 atom stereocenters. The normalized spacial score (nSPS) is 10.8. The summed E-state index contributed by atoms with van der Waals surface area (Å²) in [4.78, 5) is 13.2. The zero-order valence-electron chi connectivity index (χ0n) is 10.3. The molecule has 0 bridgehead atoms. The van der Waals surface area contributed by atoms with Crippen molar-refractivity contribution >= 4 is 5.97 Å². The van der Waals surface area contributed by atoms with E-state index in [0.29, 0.717) is 18.7 Å². The third-order valence-corrected chi connectivity index (χ3v) is 2.70. The van der Waals surface area contributed by atoms with Crippen LogP contribution in [0, 0.1) is 0 Å². The van der Waals surface area contributed by atoms with Gasteiger partial charge in [-0.25, -0.2) is 4.79 Å². The highest BCUT2D eigenvalue weighted by Gasteiger charge is 2.11. The van der Waals surface area contributed by atoms with Crippen molar-refractivity contribution in [3.05, 3.63) is 35.4 Å². The fourth-order valence-electron chi connectivity index (χ4n) is 1.68. The summed E-state index contributed by atoms with van der Waals surface area (Å²) >= 11 is 0. The number of methoxy groups -OCH3 is 1. The Kier molecular flexibility index (Phi) is 5.66. The molecule has 4 heteroatoms. The van der Waals surface area contributed by atoms with Gasteiger partial charge in [-0.15, -0.1) is 0 Å².